The molecule has 1 aromatic heterocycles. The molecule has 0 aromatic carbocycles. The van der Waals surface area contributed by atoms with Gasteiger partial charge in [-0.25, -0.2) is 4.98 Å². The van der Waals surface area contributed by atoms with Gasteiger partial charge < -0.3 is 10.8 Å². The van der Waals surface area contributed by atoms with Crippen LogP contribution in [0, 0.1) is 11.9 Å². The van der Waals surface area contributed by atoms with E-state index in [2.05, 4.69) is 4.98 Å². The number of hydrogen-bond donors (Lipinski definition) is 2. The Morgan fingerprint density at radius 2 is 2.29 bits per heavy atom. The Labute approximate surface area is 81.8 Å². The lowest BCUT2D eigenvalue weighted by atomic mass is 10.0. The average molecular weight is 196 g/mol. The zero-order valence-corrected chi connectivity index (χ0v) is 7.73. The Balaban J connectivity index is 2.17. The standard InChI is InChI=1S/C10H13FN2O/c11-10-7(2-1-5-13-10)8(12)9(14)6-3-4-6/h1-2,5-6,8-9,14H,3-4,12H2. The molecule has 0 amide bonds. The van der Waals surface area contributed by atoms with Crippen LogP contribution >= 0.6 is 0 Å². The molecule has 2 atom stereocenters. The summed E-state index contributed by atoms with van der Waals surface area (Å²) in [6.07, 6.45) is 2.69. The molecule has 1 saturated carbocycles. The van der Waals surface area contributed by atoms with Crippen LogP contribution in [-0.2, 0) is 0 Å². The molecule has 3 nitrogen and oxygen atoms in total. The Bertz CT molecular complexity index is 328. The Hall–Kier alpha value is -1.00. The number of rotatable bonds is 3. The van der Waals surface area contributed by atoms with Crippen molar-refractivity contribution in [2.24, 2.45) is 11.7 Å². The maximum atomic E-state index is 13.2. The van der Waals surface area contributed by atoms with E-state index >= 15 is 0 Å². The molecule has 76 valence electrons. The maximum absolute atomic E-state index is 13.2. The molecule has 0 saturated heterocycles. The first-order valence-corrected chi connectivity index (χ1v) is 4.74. The first kappa shape index (κ1) is 9.55. The third-order valence-corrected chi connectivity index (χ3v) is 2.62. The van der Waals surface area contributed by atoms with Gasteiger partial charge in [0.05, 0.1) is 12.1 Å². The maximum Gasteiger partial charge on any atom is 0.217 e. The summed E-state index contributed by atoms with van der Waals surface area (Å²) in [5.41, 5.74) is 6.05. The summed E-state index contributed by atoms with van der Waals surface area (Å²) in [4.78, 5) is 3.50. The highest BCUT2D eigenvalue weighted by molar-refractivity contribution is 5.17. The van der Waals surface area contributed by atoms with Crippen molar-refractivity contribution in [1.29, 1.82) is 0 Å². The van der Waals surface area contributed by atoms with Gasteiger partial charge in [-0.1, -0.05) is 6.07 Å². The molecule has 1 fully saturated rings. The fraction of sp³-hybridized carbons (Fsp3) is 0.500. The van der Waals surface area contributed by atoms with Crippen LogP contribution in [0.3, 0.4) is 0 Å². The van der Waals surface area contributed by atoms with Gasteiger partial charge in [0.1, 0.15) is 0 Å². The molecule has 1 heterocycles. The van der Waals surface area contributed by atoms with Crippen molar-refractivity contribution < 1.29 is 9.50 Å². The van der Waals surface area contributed by atoms with E-state index in [9.17, 15) is 9.50 Å². The van der Waals surface area contributed by atoms with Gasteiger partial charge in [0.15, 0.2) is 0 Å². The van der Waals surface area contributed by atoms with Gasteiger partial charge >= 0.3 is 0 Å². The highest BCUT2D eigenvalue weighted by Gasteiger charge is 2.35. The van der Waals surface area contributed by atoms with Crippen LogP contribution in [-0.4, -0.2) is 16.2 Å². The Morgan fingerprint density at radius 1 is 1.57 bits per heavy atom. The number of halogens is 1. The van der Waals surface area contributed by atoms with Crippen molar-refractivity contribution in [3.63, 3.8) is 0 Å². The molecule has 0 bridgehead atoms. The average Bonchev–Trinajstić information content (AvgIpc) is 3.00. The number of nitrogens with zero attached hydrogens (tertiary/aromatic N) is 1. The number of pyridine rings is 1. The number of aliphatic hydroxyl groups is 1. The quantitative estimate of drug-likeness (QED) is 0.709. The Kier molecular flexibility index (Phi) is 2.48. The van der Waals surface area contributed by atoms with Crippen molar-refractivity contribution >= 4 is 0 Å². The summed E-state index contributed by atoms with van der Waals surface area (Å²) < 4.78 is 13.2. The van der Waals surface area contributed by atoms with E-state index in [0.717, 1.165) is 12.8 Å². The lowest BCUT2D eigenvalue weighted by Gasteiger charge is -2.18. The summed E-state index contributed by atoms with van der Waals surface area (Å²) in [6, 6.07) is 2.53. The minimum Gasteiger partial charge on any atom is -0.391 e. The van der Waals surface area contributed by atoms with Crippen molar-refractivity contribution in [2.75, 3.05) is 0 Å². The first-order chi connectivity index (χ1) is 6.70. The second kappa shape index (κ2) is 3.63. The summed E-state index contributed by atoms with van der Waals surface area (Å²) in [7, 11) is 0. The fourth-order valence-corrected chi connectivity index (χ4v) is 1.56. The number of nitrogens with two attached hydrogens (primary N) is 1. The Morgan fingerprint density at radius 3 is 2.86 bits per heavy atom. The SMILES string of the molecule is NC(c1cccnc1F)C(O)C1CC1. The molecule has 1 aliphatic rings. The van der Waals surface area contributed by atoms with E-state index in [4.69, 9.17) is 5.73 Å². The van der Waals surface area contributed by atoms with Gasteiger partial charge in [-0.15, -0.1) is 0 Å². The molecular formula is C10H13FN2O. The summed E-state index contributed by atoms with van der Waals surface area (Å²) >= 11 is 0. The van der Waals surface area contributed by atoms with Crippen LogP contribution in [0.1, 0.15) is 24.4 Å². The molecule has 0 aliphatic heterocycles. The highest BCUT2D eigenvalue weighted by Crippen LogP contribution is 2.37. The molecule has 1 aromatic rings. The topological polar surface area (TPSA) is 59.1 Å². The van der Waals surface area contributed by atoms with Gasteiger partial charge in [-0.05, 0) is 24.8 Å². The second-order valence-corrected chi connectivity index (χ2v) is 3.74. The van der Waals surface area contributed by atoms with Gasteiger partial charge in [-0.3, -0.25) is 0 Å². The first-order valence-electron chi connectivity index (χ1n) is 4.74. The summed E-state index contributed by atoms with van der Waals surface area (Å²) in [6.45, 7) is 0. The van der Waals surface area contributed by atoms with Crippen LogP contribution in [0.2, 0.25) is 0 Å². The summed E-state index contributed by atoms with van der Waals surface area (Å²) in [5.74, 6) is -0.343. The van der Waals surface area contributed by atoms with Crippen LogP contribution in [0.4, 0.5) is 4.39 Å². The molecule has 0 spiro atoms. The highest BCUT2D eigenvalue weighted by atomic mass is 19.1. The summed E-state index contributed by atoms with van der Waals surface area (Å²) in [5, 5.41) is 9.72. The van der Waals surface area contributed by atoms with Gasteiger partial charge in [-0.2, -0.15) is 4.39 Å². The van der Waals surface area contributed by atoms with Gasteiger partial charge in [0, 0.05) is 11.8 Å². The lowest BCUT2D eigenvalue weighted by molar-refractivity contribution is 0.120. The van der Waals surface area contributed by atoms with E-state index in [0.29, 0.717) is 5.56 Å². The molecule has 0 radical (unpaired) electrons. The molecule has 4 heteroatoms. The molecule has 2 unspecified atom stereocenters. The third-order valence-electron chi connectivity index (χ3n) is 2.62. The molecule has 2 rings (SSSR count). The second-order valence-electron chi connectivity index (χ2n) is 3.74. The van der Waals surface area contributed by atoms with Gasteiger partial charge in [0.2, 0.25) is 5.95 Å². The molecule has 3 N–H and O–H groups in total. The molecular weight excluding hydrogens is 183 g/mol. The monoisotopic (exact) mass is 196 g/mol. The zero-order valence-electron chi connectivity index (χ0n) is 7.73. The largest absolute Gasteiger partial charge is 0.391 e. The van der Waals surface area contributed by atoms with Crippen LogP contribution in [0.15, 0.2) is 18.3 Å². The fourth-order valence-electron chi connectivity index (χ4n) is 1.56. The molecule has 1 aliphatic carbocycles. The van der Waals surface area contributed by atoms with E-state index in [1.165, 1.54) is 6.20 Å². The van der Waals surface area contributed by atoms with E-state index in [1.54, 1.807) is 12.1 Å². The minimum absolute atomic E-state index is 0.240. The predicted molar refractivity (Wildman–Crippen MR) is 49.9 cm³/mol. The van der Waals surface area contributed by atoms with Crippen molar-refractivity contribution in [3.05, 3.63) is 29.8 Å². The third kappa shape index (κ3) is 1.76. The zero-order chi connectivity index (χ0) is 10.1. The van der Waals surface area contributed by atoms with E-state index in [1.807, 2.05) is 0 Å². The lowest BCUT2D eigenvalue weighted by Crippen LogP contribution is -2.28. The van der Waals surface area contributed by atoms with E-state index in [-0.39, 0.29) is 5.92 Å². The van der Waals surface area contributed by atoms with Crippen molar-refractivity contribution in [3.8, 4) is 0 Å². The van der Waals surface area contributed by atoms with Crippen LogP contribution in [0.25, 0.3) is 0 Å². The van der Waals surface area contributed by atoms with Gasteiger partial charge in [0.25, 0.3) is 0 Å². The smallest absolute Gasteiger partial charge is 0.217 e. The number of aliphatic hydroxyl groups excluding tert-OH is 1. The predicted octanol–water partition coefficient (Wildman–Crippen LogP) is 0.991. The minimum atomic E-state index is -0.656. The molecule has 14 heavy (non-hydrogen) atoms. The van der Waals surface area contributed by atoms with Crippen molar-refractivity contribution in [1.82, 2.24) is 4.98 Å². The van der Waals surface area contributed by atoms with Crippen molar-refractivity contribution in [2.45, 2.75) is 25.0 Å². The van der Waals surface area contributed by atoms with Crippen LogP contribution in [0.5, 0.6) is 0 Å². The number of aromatic nitrogens is 1. The van der Waals surface area contributed by atoms with E-state index < -0.39 is 18.1 Å². The normalized spacial score (nSPS) is 20.5. The van der Waals surface area contributed by atoms with Crippen LogP contribution < -0.4 is 5.73 Å². The number of hydrogen-bond acceptors (Lipinski definition) is 3.